The molecular formula is C13H28O8. The summed E-state index contributed by atoms with van der Waals surface area (Å²) in [5, 5.41) is 46.5. The number of rotatable bonds is 14. The van der Waals surface area contributed by atoms with Crippen LogP contribution in [0.2, 0.25) is 0 Å². The van der Waals surface area contributed by atoms with Crippen molar-refractivity contribution in [2.75, 3.05) is 39.6 Å². The molecule has 0 aromatic heterocycles. The zero-order valence-corrected chi connectivity index (χ0v) is 12.4. The van der Waals surface area contributed by atoms with Gasteiger partial charge in [0.15, 0.2) is 6.29 Å². The zero-order valence-electron chi connectivity index (χ0n) is 12.4. The first kappa shape index (κ1) is 20.7. The topological polar surface area (TPSA) is 129 Å². The van der Waals surface area contributed by atoms with E-state index in [0.717, 1.165) is 6.42 Å². The van der Waals surface area contributed by atoms with E-state index in [9.17, 15) is 20.4 Å². The highest BCUT2D eigenvalue weighted by molar-refractivity contribution is 4.77. The molecule has 0 bridgehead atoms. The van der Waals surface area contributed by atoms with Gasteiger partial charge in [0, 0.05) is 13.2 Å². The summed E-state index contributed by atoms with van der Waals surface area (Å²) >= 11 is 0. The van der Waals surface area contributed by atoms with Crippen LogP contribution in [0.3, 0.4) is 0 Å². The lowest BCUT2D eigenvalue weighted by atomic mass is 10.1. The minimum Gasteiger partial charge on any atom is -0.396 e. The van der Waals surface area contributed by atoms with E-state index in [1.165, 1.54) is 0 Å². The quantitative estimate of drug-likeness (QED) is 0.188. The smallest absolute Gasteiger partial charge is 0.183 e. The predicted molar refractivity (Wildman–Crippen MR) is 73.6 cm³/mol. The molecule has 0 aromatic carbocycles. The van der Waals surface area contributed by atoms with Crippen molar-refractivity contribution < 1.29 is 39.7 Å². The van der Waals surface area contributed by atoms with Gasteiger partial charge in [-0.05, 0) is 12.8 Å². The third kappa shape index (κ3) is 10.1. The molecule has 0 aliphatic heterocycles. The Morgan fingerprint density at radius 3 is 1.95 bits per heavy atom. The van der Waals surface area contributed by atoms with E-state index in [1.807, 2.05) is 6.92 Å². The number of aliphatic hydroxyl groups excluding tert-OH is 5. The van der Waals surface area contributed by atoms with Gasteiger partial charge in [-0.15, -0.1) is 0 Å². The SMILES string of the molecule is CCCOCCOCCO[C@@H](O)[C@H](O)C(O)[C@H](O)CCO. The van der Waals surface area contributed by atoms with Gasteiger partial charge >= 0.3 is 0 Å². The molecular weight excluding hydrogens is 284 g/mol. The maximum atomic E-state index is 9.56. The second-order valence-corrected chi connectivity index (χ2v) is 4.55. The predicted octanol–water partition coefficient (Wildman–Crippen LogP) is -1.77. The van der Waals surface area contributed by atoms with E-state index in [-0.39, 0.29) is 26.2 Å². The first-order chi connectivity index (χ1) is 10.0. The van der Waals surface area contributed by atoms with Gasteiger partial charge in [-0.3, -0.25) is 0 Å². The molecule has 0 amide bonds. The van der Waals surface area contributed by atoms with Crippen LogP contribution in [0.15, 0.2) is 0 Å². The highest BCUT2D eigenvalue weighted by Crippen LogP contribution is 2.08. The van der Waals surface area contributed by atoms with Crippen LogP contribution in [0, 0.1) is 0 Å². The summed E-state index contributed by atoms with van der Waals surface area (Å²) in [5.41, 5.74) is 0. The van der Waals surface area contributed by atoms with Crippen molar-refractivity contribution in [1.82, 2.24) is 0 Å². The van der Waals surface area contributed by atoms with Gasteiger partial charge in [0.05, 0.1) is 32.5 Å². The lowest BCUT2D eigenvalue weighted by molar-refractivity contribution is -0.207. The average Bonchev–Trinajstić information content (AvgIpc) is 2.48. The number of aliphatic hydroxyl groups is 5. The van der Waals surface area contributed by atoms with Crippen molar-refractivity contribution in [3.63, 3.8) is 0 Å². The lowest BCUT2D eigenvalue weighted by Crippen LogP contribution is -2.46. The van der Waals surface area contributed by atoms with Gasteiger partial charge in [-0.2, -0.15) is 0 Å². The Hall–Kier alpha value is -0.320. The van der Waals surface area contributed by atoms with E-state index in [1.54, 1.807) is 0 Å². The zero-order chi connectivity index (χ0) is 16.1. The third-order valence-corrected chi connectivity index (χ3v) is 2.70. The van der Waals surface area contributed by atoms with Gasteiger partial charge < -0.3 is 39.7 Å². The molecule has 0 aliphatic carbocycles. The van der Waals surface area contributed by atoms with E-state index in [4.69, 9.17) is 19.3 Å². The highest BCUT2D eigenvalue weighted by Gasteiger charge is 2.30. The van der Waals surface area contributed by atoms with Crippen LogP contribution >= 0.6 is 0 Å². The van der Waals surface area contributed by atoms with Gasteiger partial charge in [0.1, 0.15) is 12.2 Å². The Kier molecular flexibility index (Phi) is 13.1. The van der Waals surface area contributed by atoms with Crippen molar-refractivity contribution in [2.45, 2.75) is 44.4 Å². The molecule has 5 N–H and O–H groups in total. The van der Waals surface area contributed by atoms with Crippen molar-refractivity contribution in [2.24, 2.45) is 0 Å². The van der Waals surface area contributed by atoms with Crippen LogP contribution < -0.4 is 0 Å². The molecule has 0 saturated heterocycles. The van der Waals surface area contributed by atoms with Crippen LogP contribution in [0.5, 0.6) is 0 Å². The molecule has 8 heteroatoms. The van der Waals surface area contributed by atoms with Gasteiger partial charge in [0.2, 0.25) is 0 Å². The summed E-state index contributed by atoms with van der Waals surface area (Å²) in [7, 11) is 0. The fourth-order valence-electron chi connectivity index (χ4n) is 1.49. The van der Waals surface area contributed by atoms with Gasteiger partial charge in [0.25, 0.3) is 0 Å². The Morgan fingerprint density at radius 1 is 0.810 bits per heavy atom. The van der Waals surface area contributed by atoms with Crippen molar-refractivity contribution in [3.8, 4) is 0 Å². The molecule has 0 rings (SSSR count). The van der Waals surface area contributed by atoms with Gasteiger partial charge in [-0.25, -0.2) is 0 Å². The Labute approximate surface area is 124 Å². The van der Waals surface area contributed by atoms with Crippen LogP contribution in [0.25, 0.3) is 0 Å². The summed E-state index contributed by atoms with van der Waals surface area (Å²) in [4.78, 5) is 0. The van der Waals surface area contributed by atoms with Crippen LogP contribution in [0.4, 0.5) is 0 Å². The van der Waals surface area contributed by atoms with Crippen molar-refractivity contribution in [3.05, 3.63) is 0 Å². The molecule has 1 unspecified atom stereocenters. The molecule has 0 spiro atoms. The van der Waals surface area contributed by atoms with E-state index < -0.39 is 24.6 Å². The lowest BCUT2D eigenvalue weighted by Gasteiger charge is -2.26. The maximum absolute atomic E-state index is 9.56. The molecule has 21 heavy (non-hydrogen) atoms. The third-order valence-electron chi connectivity index (χ3n) is 2.70. The molecule has 128 valence electrons. The standard InChI is InChI=1S/C13H28O8/c1-2-5-19-6-7-20-8-9-21-13(18)12(17)11(16)10(15)3-4-14/h10-18H,2-9H2,1H3/t10-,11?,12-,13-/m1/s1. The van der Waals surface area contributed by atoms with E-state index in [0.29, 0.717) is 19.8 Å². The molecule has 0 heterocycles. The maximum Gasteiger partial charge on any atom is 0.183 e. The fraction of sp³-hybridized carbons (Fsp3) is 1.00. The molecule has 0 saturated carbocycles. The van der Waals surface area contributed by atoms with Crippen molar-refractivity contribution >= 4 is 0 Å². The minimum atomic E-state index is -1.67. The summed E-state index contributed by atoms with van der Waals surface area (Å²) in [6.45, 7) is 3.45. The molecule has 0 fully saturated rings. The fourth-order valence-corrected chi connectivity index (χ4v) is 1.49. The van der Waals surface area contributed by atoms with Crippen molar-refractivity contribution in [1.29, 1.82) is 0 Å². The average molecular weight is 312 g/mol. The van der Waals surface area contributed by atoms with Crippen LogP contribution in [-0.2, 0) is 14.2 Å². The molecule has 0 aliphatic rings. The first-order valence-electron chi connectivity index (χ1n) is 7.14. The van der Waals surface area contributed by atoms with E-state index in [2.05, 4.69) is 0 Å². The Morgan fingerprint density at radius 2 is 1.38 bits per heavy atom. The number of hydrogen-bond donors (Lipinski definition) is 5. The highest BCUT2D eigenvalue weighted by atomic mass is 16.6. The normalized spacial score (nSPS) is 17.4. The number of ether oxygens (including phenoxy) is 3. The molecule has 0 aromatic rings. The molecule has 8 nitrogen and oxygen atoms in total. The monoisotopic (exact) mass is 312 g/mol. The Bertz CT molecular complexity index is 228. The summed E-state index contributed by atoms with van der Waals surface area (Å²) in [5.74, 6) is 0. The molecule has 4 atom stereocenters. The number of hydrogen-bond acceptors (Lipinski definition) is 8. The first-order valence-corrected chi connectivity index (χ1v) is 7.14. The van der Waals surface area contributed by atoms with E-state index >= 15 is 0 Å². The largest absolute Gasteiger partial charge is 0.396 e. The Balaban J connectivity index is 3.66. The van der Waals surface area contributed by atoms with Gasteiger partial charge in [-0.1, -0.05) is 6.92 Å². The van der Waals surface area contributed by atoms with Crippen LogP contribution in [0.1, 0.15) is 19.8 Å². The summed E-state index contributed by atoms with van der Waals surface area (Å²) < 4.78 is 15.2. The molecule has 0 radical (unpaired) electrons. The second-order valence-electron chi connectivity index (χ2n) is 4.55. The summed E-state index contributed by atoms with van der Waals surface area (Å²) in [6.07, 6.45) is -5.41. The second kappa shape index (κ2) is 13.4. The van der Waals surface area contributed by atoms with Crippen LogP contribution in [-0.4, -0.2) is 89.8 Å². The minimum absolute atomic E-state index is 0.0226. The summed E-state index contributed by atoms with van der Waals surface area (Å²) in [6, 6.07) is 0.